The summed E-state index contributed by atoms with van der Waals surface area (Å²) in [4.78, 5) is 0. The van der Waals surface area contributed by atoms with E-state index in [1.807, 2.05) is 52.0 Å². The molecule has 0 saturated heterocycles. The highest BCUT2D eigenvalue weighted by molar-refractivity contribution is 9.10. The third-order valence-corrected chi connectivity index (χ3v) is 3.12. The molecule has 0 aliphatic carbocycles. The van der Waals surface area contributed by atoms with Gasteiger partial charge in [-0.25, -0.2) is 0 Å². The van der Waals surface area contributed by atoms with Crippen LogP contribution in [0.2, 0.25) is 0 Å². The van der Waals surface area contributed by atoms with Crippen LogP contribution in [-0.2, 0) is 9.47 Å². The maximum Gasteiger partial charge on any atom is 0.0974 e. The Morgan fingerprint density at radius 1 is 1.16 bits per heavy atom. The van der Waals surface area contributed by atoms with Crippen molar-refractivity contribution in [3.8, 4) is 0 Å². The lowest BCUT2D eigenvalue weighted by molar-refractivity contribution is -0.0558. The van der Waals surface area contributed by atoms with E-state index in [9.17, 15) is 0 Å². The summed E-state index contributed by atoms with van der Waals surface area (Å²) in [5, 5.41) is 0. The van der Waals surface area contributed by atoms with E-state index in [2.05, 4.69) is 15.9 Å². The van der Waals surface area contributed by atoms with Crippen LogP contribution in [0.15, 0.2) is 28.7 Å². The summed E-state index contributed by atoms with van der Waals surface area (Å²) in [6.45, 7) is 9.17. The maximum atomic E-state index is 6.00. The van der Waals surface area contributed by atoms with Gasteiger partial charge >= 0.3 is 0 Å². The molecule has 0 aromatic heterocycles. The molecule has 2 unspecified atom stereocenters. The standard InChI is InChI=1S/C15H24BrNO2/c1-11(17)14(12-5-7-13(16)8-6-12)18-9-10-19-15(2,3)4/h5-8,11,14H,9-10,17H2,1-4H3. The second-order valence-corrected chi connectivity index (χ2v) is 6.58. The quantitative estimate of drug-likeness (QED) is 0.810. The molecule has 108 valence electrons. The van der Waals surface area contributed by atoms with Gasteiger partial charge in [-0.15, -0.1) is 0 Å². The van der Waals surface area contributed by atoms with E-state index in [4.69, 9.17) is 15.2 Å². The Hall–Kier alpha value is -0.420. The Balaban J connectivity index is 2.52. The molecular formula is C15H24BrNO2. The molecule has 3 nitrogen and oxygen atoms in total. The van der Waals surface area contributed by atoms with E-state index in [1.54, 1.807) is 0 Å². The molecule has 0 amide bonds. The SMILES string of the molecule is CC(N)C(OCCOC(C)(C)C)c1ccc(Br)cc1. The van der Waals surface area contributed by atoms with Crippen molar-refractivity contribution in [2.45, 2.75) is 45.4 Å². The van der Waals surface area contributed by atoms with Crippen molar-refractivity contribution in [1.29, 1.82) is 0 Å². The van der Waals surface area contributed by atoms with Gasteiger partial charge in [0.25, 0.3) is 0 Å². The molecule has 2 atom stereocenters. The van der Waals surface area contributed by atoms with Gasteiger partial charge in [-0.3, -0.25) is 0 Å². The topological polar surface area (TPSA) is 44.5 Å². The van der Waals surface area contributed by atoms with E-state index in [0.29, 0.717) is 13.2 Å². The Bertz CT molecular complexity index is 371. The molecule has 1 aromatic rings. The number of hydrogen-bond donors (Lipinski definition) is 1. The van der Waals surface area contributed by atoms with Gasteiger partial charge in [-0.05, 0) is 45.4 Å². The van der Waals surface area contributed by atoms with Gasteiger partial charge in [0.1, 0.15) is 0 Å². The fourth-order valence-electron chi connectivity index (χ4n) is 1.73. The van der Waals surface area contributed by atoms with Crippen LogP contribution in [0.4, 0.5) is 0 Å². The molecule has 0 spiro atoms. The van der Waals surface area contributed by atoms with Crippen molar-refractivity contribution in [3.05, 3.63) is 34.3 Å². The summed E-state index contributed by atoms with van der Waals surface area (Å²) < 4.78 is 12.6. The van der Waals surface area contributed by atoms with Gasteiger partial charge in [0, 0.05) is 10.5 Å². The van der Waals surface area contributed by atoms with Crippen LogP contribution in [0, 0.1) is 0 Å². The van der Waals surface area contributed by atoms with Crippen LogP contribution >= 0.6 is 15.9 Å². The number of benzene rings is 1. The zero-order chi connectivity index (χ0) is 14.5. The van der Waals surface area contributed by atoms with Crippen molar-refractivity contribution in [1.82, 2.24) is 0 Å². The smallest absolute Gasteiger partial charge is 0.0974 e. The first-order valence-corrected chi connectivity index (χ1v) is 7.35. The van der Waals surface area contributed by atoms with Crippen molar-refractivity contribution in [3.63, 3.8) is 0 Å². The van der Waals surface area contributed by atoms with Crippen LogP contribution in [0.3, 0.4) is 0 Å². The van der Waals surface area contributed by atoms with Gasteiger partial charge in [-0.2, -0.15) is 0 Å². The van der Waals surface area contributed by atoms with E-state index >= 15 is 0 Å². The van der Waals surface area contributed by atoms with Crippen LogP contribution in [0.5, 0.6) is 0 Å². The highest BCUT2D eigenvalue weighted by Crippen LogP contribution is 2.22. The van der Waals surface area contributed by atoms with E-state index in [0.717, 1.165) is 10.0 Å². The Morgan fingerprint density at radius 2 is 1.74 bits per heavy atom. The fraction of sp³-hybridized carbons (Fsp3) is 0.600. The second-order valence-electron chi connectivity index (χ2n) is 5.66. The van der Waals surface area contributed by atoms with E-state index < -0.39 is 0 Å². The molecule has 19 heavy (non-hydrogen) atoms. The highest BCUT2D eigenvalue weighted by atomic mass is 79.9. The molecule has 0 aliphatic heterocycles. The first kappa shape index (κ1) is 16.6. The highest BCUT2D eigenvalue weighted by Gasteiger charge is 2.17. The minimum atomic E-state index is -0.134. The molecule has 1 aromatic carbocycles. The summed E-state index contributed by atoms with van der Waals surface area (Å²) in [6.07, 6.45) is -0.100. The number of hydrogen-bond acceptors (Lipinski definition) is 3. The molecule has 0 saturated carbocycles. The monoisotopic (exact) mass is 329 g/mol. The second kappa shape index (κ2) is 7.39. The number of halogens is 1. The van der Waals surface area contributed by atoms with Crippen molar-refractivity contribution in [2.24, 2.45) is 5.73 Å². The summed E-state index contributed by atoms with van der Waals surface area (Å²) in [7, 11) is 0. The molecule has 0 aliphatic rings. The molecule has 0 heterocycles. The minimum Gasteiger partial charge on any atom is -0.373 e. The molecule has 0 radical (unpaired) electrons. The molecule has 1 rings (SSSR count). The van der Waals surface area contributed by atoms with Crippen molar-refractivity contribution in [2.75, 3.05) is 13.2 Å². The van der Waals surface area contributed by atoms with Gasteiger partial charge < -0.3 is 15.2 Å². The predicted molar refractivity (Wildman–Crippen MR) is 82.2 cm³/mol. The lowest BCUT2D eigenvalue weighted by Gasteiger charge is -2.24. The minimum absolute atomic E-state index is 0.0594. The first-order valence-electron chi connectivity index (χ1n) is 6.56. The summed E-state index contributed by atoms with van der Waals surface area (Å²) >= 11 is 3.43. The van der Waals surface area contributed by atoms with Crippen LogP contribution in [0.25, 0.3) is 0 Å². The number of rotatable bonds is 6. The fourth-order valence-corrected chi connectivity index (χ4v) is 1.99. The Morgan fingerprint density at radius 3 is 2.21 bits per heavy atom. The third kappa shape index (κ3) is 6.52. The maximum absolute atomic E-state index is 6.00. The Labute approximate surface area is 124 Å². The average molecular weight is 330 g/mol. The lowest BCUT2D eigenvalue weighted by atomic mass is 10.0. The zero-order valence-corrected chi connectivity index (χ0v) is 13.7. The zero-order valence-electron chi connectivity index (χ0n) is 12.2. The van der Waals surface area contributed by atoms with E-state index in [1.165, 1.54) is 0 Å². The summed E-state index contributed by atoms with van der Waals surface area (Å²) in [5.41, 5.74) is 6.95. The Kier molecular flexibility index (Phi) is 6.47. The molecule has 0 bridgehead atoms. The van der Waals surface area contributed by atoms with Crippen molar-refractivity contribution < 1.29 is 9.47 Å². The normalized spacial score (nSPS) is 15.3. The number of ether oxygens (including phenoxy) is 2. The van der Waals surface area contributed by atoms with Gasteiger partial charge in [0.15, 0.2) is 0 Å². The van der Waals surface area contributed by atoms with Gasteiger partial charge in [-0.1, -0.05) is 28.1 Å². The van der Waals surface area contributed by atoms with Gasteiger partial charge in [0.2, 0.25) is 0 Å². The lowest BCUT2D eigenvalue weighted by Crippen LogP contribution is -2.29. The van der Waals surface area contributed by atoms with Crippen LogP contribution in [0.1, 0.15) is 39.4 Å². The molecule has 4 heteroatoms. The molecular weight excluding hydrogens is 306 g/mol. The molecule has 0 fully saturated rings. The van der Waals surface area contributed by atoms with Crippen LogP contribution < -0.4 is 5.73 Å². The largest absolute Gasteiger partial charge is 0.373 e. The van der Waals surface area contributed by atoms with E-state index in [-0.39, 0.29) is 17.7 Å². The third-order valence-electron chi connectivity index (χ3n) is 2.59. The predicted octanol–water partition coefficient (Wildman–Crippen LogP) is 3.67. The first-order chi connectivity index (χ1) is 8.79. The van der Waals surface area contributed by atoms with Crippen molar-refractivity contribution >= 4 is 15.9 Å². The molecule has 2 N–H and O–H groups in total. The summed E-state index contributed by atoms with van der Waals surface area (Å²) in [6, 6.07) is 8.00. The average Bonchev–Trinajstić information content (AvgIpc) is 2.29. The van der Waals surface area contributed by atoms with Crippen LogP contribution in [-0.4, -0.2) is 24.9 Å². The number of nitrogens with two attached hydrogens (primary N) is 1. The summed E-state index contributed by atoms with van der Waals surface area (Å²) in [5.74, 6) is 0. The van der Waals surface area contributed by atoms with Gasteiger partial charge in [0.05, 0.1) is 24.9 Å².